The van der Waals surface area contributed by atoms with E-state index in [9.17, 15) is 9.59 Å². The Morgan fingerprint density at radius 3 is 2.85 bits per heavy atom. The van der Waals surface area contributed by atoms with Crippen molar-refractivity contribution in [2.24, 2.45) is 0 Å². The van der Waals surface area contributed by atoms with E-state index in [-0.39, 0.29) is 5.91 Å². The Morgan fingerprint density at radius 1 is 1.62 bits per heavy atom. The molecular formula is C9H10N2O2. The summed E-state index contributed by atoms with van der Waals surface area (Å²) in [6.07, 6.45) is 2.74. The Balaban J connectivity index is 2.69. The smallest absolute Gasteiger partial charge is 0.222 e. The second kappa shape index (κ2) is 4.35. The molecule has 0 saturated heterocycles. The summed E-state index contributed by atoms with van der Waals surface area (Å²) in [6.45, 7) is 1.42. The second-order valence-corrected chi connectivity index (χ2v) is 2.60. The molecule has 1 amide bonds. The Hall–Kier alpha value is -1.71. The number of carbonyl (C=O) groups excluding carboxylic acids is 2. The van der Waals surface area contributed by atoms with Gasteiger partial charge in [-0.15, -0.1) is 0 Å². The molecule has 4 heteroatoms. The number of pyridine rings is 1. The lowest BCUT2D eigenvalue weighted by Gasteiger charge is -2.00. The fourth-order valence-corrected chi connectivity index (χ4v) is 0.896. The third kappa shape index (κ3) is 3.02. The lowest BCUT2D eigenvalue weighted by molar-refractivity contribution is -0.114. The summed E-state index contributed by atoms with van der Waals surface area (Å²) in [5.41, 5.74) is 0.837. The zero-order valence-corrected chi connectivity index (χ0v) is 7.28. The molecule has 0 unspecified atom stereocenters. The minimum Gasteiger partial charge on any atom is -0.311 e. The maximum Gasteiger partial charge on any atom is 0.222 e. The zero-order chi connectivity index (χ0) is 9.68. The molecule has 13 heavy (non-hydrogen) atoms. The summed E-state index contributed by atoms with van der Waals surface area (Å²) in [5, 5.41) is 2.54. The summed E-state index contributed by atoms with van der Waals surface area (Å²) in [7, 11) is 0. The Morgan fingerprint density at radius 2 is 2.38 bits per heavy atom. The Labute approximate surface area is 76.0 Å². The molecule has 4 nitrogen and oxygen atoms in total. The summed E-state index contributed by atoms with van der Waals surface area (Å²) < 4.78 is 0. The molecule has 1 aromatic rings. The predicted octanol–water partition coefficient (Wildman–Crippen LogP) is 0.781. The monoisotopic (exact) mass is 178 g/mol. The van der Waals surface area contributed by atoms with Crippen LogP contribution in [0.5, 0.6) is 0 Å². The fourth-order valence-electron chi connectivity index (χ4n) is 0.896. The quantitative estimate of drug-likeness (QED) is 0.696. The minimum atomic E-state index is -0.157. The van der Waals surface area contributed by atoms with Crippen LogP contribution in [-0.2, 0) is 16.0 Å². The molecule has 0 radical (unpaired) electrons. The number of aldehydes is 1. The van der Waals surface area contributed by atoms with Gasteiger partial charge in [0.25, 0.3) is 0 Å². The van der Waals surface area contributed by atoms with Gasteiger partial charge in [-0.3, -0.25) is 4.79 Å². The van der Waals surface area contributed by atoms with E-state index in [2.05, 4.69) is 10.3 Å². The van der Waals surface area contributed by atoms with E-state index in [4.69, 9.17) is 0 Å². The van der Waals surface area contributed by atoms with Crippen molar-refractivity contribution in [2.45, 2.75) is 13.3 Å². The van der Waals surface area contributed by atoms with Gasteiger partial charge in [0.15, 0.2) is 0 Å². The highest BCUT2D eigenvalue weighted by molar-refractivity contribution is 5.87. The van der Waals surface area contributed by atoms with Crippen LogP contribution in [0.3, 0.4) is 0 Å². The summed E-state index contributed by atoms with van der Waals surface area (Å²) >= 11 is 0. The van der Waals surface area contributed by atoms with Crippen molar-refractivity contribution in [1.82, 2.24) is 4.98 Å². The lowest BCUT2D eigenvalue weighted by atomic mass is 10.2. The van der Waals surface area contributed by atoms with Gasteiger partial charge in [0.05, 0.1) is 0 Å². The van der Waals surface area contributed by atoms with Crippen molar-refractivity contribution in [3.05, 3.63) is 23.9 Å². The topological polar surface area (TPSA) is 59.1 Å². The number of rotatable bonds is 3. The second-order valence-electron chi connectivity index (χ2n) is 2.60. The van der Waals surface area contributed by atoms with Crippen LogP contribution >= 0.6 is 0 Å². The first-order valence-corrected chi connectivity index (χ1v) is 3.88. The van der Waals surface area contributed by atoms with E-state index >= 15 is 0 Å². The van der Waals surface area contributed by atoms with Crippen molar-refractivity contribution in [3.63, 3.8) is 0 Å². The maximum absolute atomic E-state index is 10.6. The van der Waals surface area contributed by atoms with Gasteiger partial charge < -0.3 is 10.1 Å². The molecule has 1 heterocycles. The van der Waals surface area contributed by atoms with Crippen LogP contribution in [0.25, 0.3) is 0 Å². The van der Waals surface area contributed by atoms with Crippen molar-refractivity contribution >= 4 is 18.0 Å². The van der Waals surface area contributed by atoms with Gasteiger partial charge in [0.2, 0.25) is 5.91 Å². The van der Waals surface area contributed by atoms with Gasteiger partial charge in [-0.1, -0.05) is 6.07 Å². The molecule has 0 saturated carbocycles. The number of nitrogens with zero attached hydrogens (tertiary/aromatic N) is 1. The van der Waals surface area contributed by atoms with Gasteiger partial charge in [-0.25, -0.2) is 4.98 Å². The van der Waals surface area contributed by atoms with Gasteiger partial charge >= 0.3 is 0 Å². The van der Waals surface area contributed by atoms with Gasteiger partial charge in [-0.2, -0.15) is 0 Å². The normalized spacial score (nSPS) is 9.31. The molecule has 68 valence electrons. The van der Waals surface area contributed by atoms with E-state index in [1.54, 1.807) is 18.3 Å². The van der Waals surface area contributed by atoms with Crippen molar-refractivity contribution in [3.8, 4) is 0 Å². The molecular weight excluding hydrogens is 168 g/mol. The maximum atomic E-state index is 10.6. The van der Waals surface area contributed by atoms with E-state index < -0.39 is 0 Å². The molecule has 0 aliphatic rings. The standard InChI is InChI=1S/C9H10N2O2/c1-7(13)11-9-3-2-8(4-5-12)6-10-9/h2-3,5-6H,4H2,1H3,(H,10,11,13). The van der Waals surface area contributed by atoms with Crippen molar-refractivity contribution < 1.29 is 9.59 Å². The number of nitrogens with one attached hydrogen (secondary N) is 1. The largest absolute Gasteiger partial charge is 0.311 e. The minimum absolute atomic E-state index is 0.157. The average Bonchev–Trinajstić information content (AvgIpc) is 2.08. The number of hydrogen-bond acceptors (Lipinski definition) is 3. The molecule has 0 fully saturated rings. The third-order valence-electron chi connectivity index (χ3n) is 1.45. The number of aromatic nitrogens is 1. The molecule has 0 bridgehead atoms. The highest BCUT2D eigenvalue weighted by Gasteiger charge is 1.96. The third-order valence-corrected chi connectivity index (χ3v) is 1.45. The molecule has 1 rings (SSSR count). The SMILES string of the molecule is CC(=O)Nc1ccc(CC=O)cn1. The van der Waals surface area contributed by atoms with E-state index in [0.717, 1.165) is 11.8 Å². The zero-order valence-electron chi connectivity index (χ0n) is 7.28. The highest BCUT2D eigenvalue weighted by atomic mass is 16.1. The fraction of sp³-hybridized carbons (Fsp3) is 0.222. The number of hydrogen-bond donors (Lipinski definition) is 1. The summed E-state index contributed by atoms with van der Waals surface area (Å²) in [6, 6.07) is 3.42. The van der Waals surface area contributed by atoms with Crippen molar-refractivity contribution in [2.75, 3.05) is 5.32 Å². The van der Waals surface area contributed by atoms with Gasteiger partial charge in [0.1, 0.15) is 12.1 Å². The summed E-state index contributed by atoms with van der Waals surface area (Å²) in [5.74, 6) is 0.345. The number of amides is 1. The molecule has 0 aromatic carbocycles. The van der Waals surface area contributed by atoms with Crippen LogP contribution in [-0.4, -0.2) is 17.2 Å². The molecule has 0 aliphatic heterocycles. The molecule has 1 N–H and O–H groups in total. The number of anilines is 1. The van der Waals surface area contributed by atoms with Crippen LogP contribution in [0.1, 0.15) is 12.5 Å². The van der Waals surface area contributed by atoms with Gasteiger partial charge in [-0.05, 0) is 11.6 Å². The van der Waals surface area contributed by atoms with E-state index in [1.165, 1.54) is 6.92 Å². The molecule has 0 spiro atoms. The predicted molar refractivity (Wildman–Crippen MR) is 48.3 cm³/mol. The highest BCUT2D eigenvalue weighted by Crippen LogP contribution is 2.04. The Bertz CT molecular complexity index is 306. The van der Waals surface area contributed by atoms with Crippen molar-refractivity contribution in [1.29, 1.82) is 0 Å². The number of carbonyl (C=O) groups is 2. The molecule has 0 aliphatic carbocycles. The molecule has 0 atom stereocenters. The van der Waals surface area contributed by atoms with Crippen LogP contribution in [0.2, 0.25) is 0 Å². The van der Waals surface area contributed by atoms with E-state index in [1.807, 2.05) is 0 Å². The first kappa shape index (κ1) is 9.38. The van der Waals surface area contributed by atoms with Crippen LogP contribution in [0.15, 0.2) is 18.3 Å². The van der Waals surface area contributed by atoms with Crippen LogP contribution in [0.4, 0.5) is 5.82 Å². The van der Waals surface area contributed by atoms with E-state index in [0.29, 0.717) is 12.2 Å². The van der Waals surface area contributed by atoms with Crippen LogP contribution in [0, 0.1) is 0 Å². The average molecular weight is 178 g/mol. The van der Waals surface area contributed by atoms with Crippen LogP contribution < -0.4 is 5.32 Å². The molecule has 1 aromatic heterocycles. The van der Waals surface area contributed by atoms with Gasteiger partial charge in [0, 0.05) is 19.5 Å². The summed E-state index contributed by atoms with van der Waals surface area (Å²) in [4.78, 5) is 24.7. The Kier molecular flexibility index (Phi) is 3.14. The first-order chi connectivity index (χ1) is 6.22. The first-order valence-electron chi connectivity index (χ1n) is 3.88. The lowest BCUT2D eigenvalue weighted by Crippen LogP contribution is -2.07.